The van der Waals surface area contributed by atoms with Crippen LogP contribution in [0.15, 0.2) is 42.5 Å². The number of benzene rings is 2. The Hall–Kier alpha value is -3.68. The second kappa shape index (κ2) is 17.8. The minimum absolute atomic E-state index is 0.00985. The van der Waals surface area contributed by atoms with Crippen LogP contribution in [-0.2, 0) is 44.6 Å². The number of para-hydroxylation sites is 1. The van der Waals surface area contributed by atoms with E-state index < -0.39 is 34.9 Å². The number of amides is 1. The molecule has 0 bridgehead atoms. The fraction of sp³-hybridized carbons (Fsp3) is 0.561. The molecule has 13 heteroatoms. The van der Waals surface area contributed by atoms with Gasteiger partial charge in [0, 0.05) is 61.7 Å². The number of aromatic amines is 1. The monoisotopic (exact) mass is 772 g/mol. The van der Waals surface area contributed by atoms with Gasteiger partial charge >= 0.3 is 6.18 Å². The average Bonchev–Trinajstić information content (AvgIpc) is 3.52. The van der Waals surface area contributed by atoms with Crippen LogP contribution in [0.3, 0.4) is 0 Å². The van der Waals surface area contributed by atoms with E-state index in [0.717, 1.165) is 25.6 Å². The normalized spacial score (nSPS) is 20.1. The Bertz CT molecular complexity index is 1820. The summed E-state index contributed by atoms with van der Waals surface area (Å²) in [4.78, 5) is 48.5. The minimum Gasteiger partial charge on any atom is -0.379 e. The first-order chi connectivity index (χ1) is 25.7. The number of nitrogens with one attached hydrogen (secondary N) is 3. The number of ketones is 2. The van der Waals surface area contributed by atoms with Crippen LogP contribution in [-0.4, -0.2) is 70.9 Å². The van der Waals surface area contributed by atoms with E-state index in [1.165, 1.54) is 18.2 Å². The van der Waals surface area contributed by atoms with Gasteiger partial charge in [0.05, 0.1) is 36.0 Å². The molecule has 5 rings (SSSR count). The molecule has 1 fully saturated rings. The zero-order chi connectivity index (χ0) is 39.2. The van der Waals surface area contributed by atoms with Gasteiger partial charge in [0.2, 0.25) is 5.91 Å². The van der Waals surface area contributed by atoms with Crippen molar-refractivity contribution in [2.24, 2.45) is 23.7 Å². The number of hydrogen-bond acceptors (Lipinski definition) is 6. The predicted octanol–water partition coefficient (Wildman–Crippen LogP) is 7.36. The van der Waals surface area contributed by atoms with Gasteiger partial charge in [-0.2, -0.15) is 13.2 Å². The fourth-order valence-corrected chi connectivity index (χ4v) is 8.15. The number of alkyl halides is 3. The lowest BCUT2D eigenvalue weighted by atomic mass is 9.72. The third kappa shape index (κ3) is 9.57. The number of H-pyrrole nitrogens is 1. The summed E-state index contributed by atoms with van der Waals surface area (Å²) in [7, 11) is 0. The van der Waals surface area contributed by atoms with E-state index in [9.17, 15) is 31.9 Å². The molecule has 54 heavy (non-hydrogen) atoms. The van der Waals surface area contributed by atoms with Crippen LogP contribution in [0.1, 0.15) is 82.2 Å². The van der Waals surface area contributed by atoms with Gasteiger partial charge in [0.1, 0.15) is 17.1 Å². The van der Waals surface area contributed by atoms with Crippen molar-refractivity contribution < 1.29 is 36.7 Å². The van der Waals surface area contributed by atoms with Crippen molar-refractivity contribution in [1.29, 1.82) is 0 Å². The molecule has 8 nitrogen and oxygen atoms in total. The molecule has 2 heterocycles. The van der Waals surface area contributed by atoms with Gasteiger partial charge in [0.15, 0.2) is 5.78 Å². The lowest BCUT2D eigenvalue weighted by Gasteiger charge is -2.40. The number of carbonyl (C=O) groups excluding carboxylic acids is 3. The lowest BCUT2D eigenvalue weighted by Crippen LogP contribution is -2.60. The molecular weight excluding hydrogens is 721 g/mol. The molecule has 2 aliphatic rings. The molecule has 1 aliphatic heterocycles. The second-order valence-corrected chi connectivity index (χ2v) is 15.5. The number of morpholine rings is 1. The van der Waals surface area contributed by atoms with Gasteiger partial charge in [-0.3, -0.25) is 19.3 Å². The molecule has 3 aromatic rings. The SMILES string of the molecule is CCC(C)[C@H](CC(=O)Cc1ccccc1F)C(=O)N[C@]1(C(=O)C[C@H](C(=S)NCN2CCOCC2)C(C)CC)CCc2[nH]c3c(C(F)(F)F)cccc3c2C1. The number of fused-ring (bicyclic) bond motifs is 3. The molecule has 2 unspecified atom stereocenters. The lowest BCUT2D eigenvalue weighted by molar-refractivity contribution is -0.137. The summed E-state index contributed by atoms with van der Waals surface area (Å²) in [5, 5.41) is 6.83. The number of hydrogen-bond donors (Lipinski definition) is 3. The number of carbonyl (C=O) groups is 3. The molecule has 1 aliphatic carbocycles. The average molecular weight is 773 g/mol. The van der Waals surface area contributed by atoms with Crippen molar-refractivity contribution in [2.75, 3.05) is 33.0 Å². The van der Waals surface area contributed by atoms with Crippen LogP contribution < -0.4 is 10.6 Å². The van der Waals surface area contributed by atoms with Gasteiger partial charge in [-0.1, -0.05) is 83.1 Å². The highest BCUT2D eigenvalue weighted by molar-refractivity contribution is 7.80. The van der Waals surface area contributed by atoms with Gasteiger partial charge in [-0.05, 0) is 47.9 Å². The van der Waals surface area contributed by atoms with Crippen LogP contribution in [0.25, 0.3) is 10.9 Å². The second-order valence-electron chi connectivity index (χ2n) is 15.1. The quantitative estimate of drug-likeness (QED) is 0.103. The van der Waals surface area contributed by atoms with Crippen LogP contribution in [0.2, 0.25) is 0 Å². The first-order valence-corrected chi connectivity index (χ1v) is 19.5. The maximum Gasteiger partial charge on any atom is 0.418 e. The van der Waals surface area contributed by atoms with E-state index in [1.807, 2.05) is 27.7 Å². The summed E-state index contributed by atoms with van der Waals surface area (Å²) in [6.07, 6.45) is -3.26. The maximum atomic E-state index is 14.9. The summed E-state index contributed by atoms with van der Waals surface area (Å²) in [6, 6.07) is 10.0. The topological polar surface area (TPSA) is 104 Å². The van der Waals surface area contributed by atoms with Gasteiger partial charge in [0.25, 0.3) is 0 Å². The molecule has 2 aromatic carbocycles. The van der Waals surface area contributed by atoms with Gasteiger partial charge < -0.3 is 20.4 Å². The third-order valence-electron chi connectivity index (χ3n) is 11.6. The summed E-state index contributed by atoms with van der Waals surface area (Å²) < 4.78 is 62.2. The van der Waals surface area contributed by atoms with Crippen molar-refractivity contribution in [3.8, 4) is 0 Å². The van der Waals surface area contributed by atoms with E-state index in [4.69, 9.17) is 17.0 Å². The molecule has 0 spiro atoms. The highest BCUT2D eigenvalue weighted by Crippen LogP contribution is 2.41. The third-order valence-corrected chi connectivity index (χ3v) is 12.1. The van der Waals surface area contributed by atoms with Crippen molar-refractivity contribution >= 4 is 45.6 Å². The number of rotatable bonds is 16. The zero-order valence-electron chi connectivity index (χ0n) is 31.5. The van der Waals surface area contributed by atoms with E-state index in [2.05, 4.69) is 20.5 Å². The number of thiocarbonyl (C=S) groups is 1. The van der Waals surface area contributed by atoms with Crippen LogP contribution in [0, 0.1) is 29.5 Å². The number of aromatic nitrogens is 1. The number of nitrogens with zero attached hydrogens (tertiary/aromatic N) is 1. The Morgan fingerprint density at radius 2 is 1.67 bits per heavy atom. The fourth-order valence-electron chi connectivity index (χ4n) is 7.77. The maximum absolute atomic E-state index is 14.9. The summed E-state index contributed by atoms with van der Waals surface area (Å²) >= 11 is 5.91. The summed E-state index contributed by atoms with van der Waals surface area (Å²) in [6.45, 7) is 11.1. The first kappa shape index (κ1) is 41.5. The van der Waals surface area contributed by atoms with Crippen molar-refractivity contribution in [2.45, 2.75) is 90.8 Å². The van der Waals surface area contributed by atoms with Gasteiger partial charge in [-0.15, -0.1) is 0 Å². The Morgan fingerprint density at radius 1 is 0.981 bits per heavy atom. The number of aryl methyl sites for hydroxylation is 1. The predicted molar refractivity (Wildman–Crippen MR) is 204 cm³/mol. The molecular formula is C41H52F4N4O4S. The molecule has 294 valence electrons. The smallest absolute Gasteiger partial charge is 0.379 e. The largest absolute Gasteiger partial charge is 0.418 e. The molecule has 3 N–H and O–H groups in total. The molecule has 5 atom stereocenters. The Kier molecular flexibility index (Phi) is 13.7. The molecule has 1 aromatic heterocycles. The Morgan fingerprint density at radius 3 is 2.33 bits per heavy atom. The first-order valence-electron chi connectivity index (χ1n) is 19.0. The summed E-state index contributed by atoms with van der Waals surface area (Å²) in [5.74, 6) is -2.97. The number of ether oxygens (including phenoxy) is 1. The molecule has 1 saturated heterocycles. The van der Waals surface area contributed by atoms with E-state index >= 15 is 0 Å². The van der Waals surface area contributed by atoms with Crippen LogP contribution in [0.5, 0.6) is 0 Å². The highest BCUT2D eigenvalue weighted by Gasteiger charge is 2.47. The number of Topliss-reactive ketones (excluding diaryl/α,β-unsaturated/α-hetero) is 2. The molecule has 1 amide bonds. The minimum atomic E-state index is -4.60. The number of halogens is 4. The van der Waals surface area contributed by atoms with Crippen LogP contribution in [0.4, 0.5) is 17.6 Å². The van der Waals surface area contributed by atoms with Crippen LogP contribution >= 0.6 is 12.2 Å². The molecule has 0 radical (unpaired) electrons. The zero-order valence-corrected chi connectivity index (χ0v) is 32.4. The molecule has 0 saturated carbocycles. The standard InChI is InChI=1S/C41H52F4N4O4S/c1-5-25(3)30(21-28(50)20-27-10-7-8-13-34(27)42)38(52)48-40(15-14-35-32(23-40)29-11-9-12-33(37(29)47-35)41(43,44)45)36(51)22-31(26(4)6-2)39(54)46-24-49-16-18-53-19-17-49/h7-13,25-26,30-31,47H,5-6,14-24H2,1-4H3,(H,46,54)(H,48,52)/t25?,26?,30-,31-,40+/m0/s1. The summed E-state index contributed by atoms with van der Waals surface area (Å²) in [5.41, 5.74) is -0.928. The van der Waals surface area contributed by atoms with E-state index in [-0.39, 0.29) is 78.9 Å². The van der Waals surface area contributed by atoms with Crippen molar-refractivity contribution in [3.05, 3.63) is 70.7 Å². The van der Waals surface area contributed by atoms with Gasteiger partial charge in [-0.25, -0.2) is 4.39 Å². The Balaban J connectivity index is 1.47. The van der Waals surface area contributed by atoms with Crippen molar-refractivity contribution in [3.63, 3.8) is 0 Å². The highest BCUT2D eigenvalue weighted by atomic mass is 32.1. The van der Waals surface area contributed by atoms with E-state index in [1.54, 1.807) is 18.2 Å². The Labute approximate surface area is 320 Å². The van der Waals surface area contributed by atoms with Crippen molar-refractivity contribution in [1.82, 2.24) is 20.5 Å². The van der Waals surface area contributed by atoms with E-state index in [0.29, 0.717) is 47.9 Å².